The molecule has 0 atom stereocenters. The van der Waals surface area contributed by atoms with E-state index in [9.17, 15) is 23.1 Å². The van der Waals surface area contributed by atoms with Crippen molar-refractivity contribution in [3.63, 3.8) is 0 Å². The molecule has 1 aliphatic rings. The number of carboxylic acid groups (broad SMARTS) is 1. The van der Waals surface area contributed by atoms with Crippen LogP contribution in [-0.4, -0.2) is 46.8 Å². The van der Waals surface area contributed by atoms with Crippen LogP contribution >= 0.6 is 0 Å². The van der Waals surface area contributed by atoms with Crippen molar-refractivity contribution in [2.45, 2.75) is 39.2 Å². The van der Waals surface area contributed by atoms with Gasteiger partial charge >= 0.3 is 12.1 Å². The van der Waals surface area contributed by atoms with Gasteiger partial charge in [-0.2, -0.15) is 18.3 Å². The van der Waals surface area contributed by atoms with Gasteiger partial charge in [-0.3, -0.25) is 4.90 Å². The highest BCUT2D eigenvalue weighted by atomic mass is 19.4. The summed E-state index contributed by atoms with van der Waals surface area (Å²) in [6.45, 7) is 4.82. The van der Waals surface area contributed by atoms with Crippen LogP contribution in [0.4, 0.5) is 13.2 Å². The fraction of sp³-hybridized carbons (Fsp3) is 0.250. The molecule has 1 N–H and O–H groups in total. The predicted molar refractivity (Wildman–Crippen MR) is 155 cm³/mol. The zero-order chi connectivity index (χ0) is 31.0. The number of fused-ring (bicyclic) bond motifs is 1. The SMILES string of the molecule is Cc1ccc(OCc2ccc3c(c2)CCN(Cc2cncn2C)C3)c(-c2cccc(-n3ncc(C(=O)O)c3C(F)(F)F)n2)c1. The molecule has 0 fully saturated rings. The fourth-order valence-electron chi connectivity index (χ4n) is 5.43. The number of aryl methyl sites for hydroxylation is 2. The van der Waals surface area contributed by atoms with Gasteiger partial charge in [-0.05, 0) is 54.3 Å². The monoisotopic (exact) mass is 602 g/mol. The van der Waals surface area contributed by atoms with Crippen molar-refractivity contribution in [2.75, 3.05) is 6.54 Å². The third kappa shape index (κ3) is 5.93. The van der Waals surface area contributed by atoms with Gasteiger partial charge in [0.05, 0.1) is 23.9 Å². The standard InChI is InChI=1S/C32H29F3N6O3/c1-20-6-9-28(44-18-21-7-8-23-16-40(11-10-22(23)13-21)17-24-14-36-19-39(24)2)25(12-20)27-4-3-5-29(38-27)41-30(32(33,34)35)26(15-37-41)31(42)43/h3-9,12-15,19H,10-11,16-18H2,1-2H3,(H,42,43). The lowest BCUT2D eigenvalue weighted by molar-refractivity contribution is -0.143. The van der Waals surface area contributed by atoms with Crippen molar-refractivity contribution in [3.8, 4) is 22.8 Å². The van der Waals surface area contributed by atoms with Gasteiger partial charge in [-0.1, -0.05) is 35.9 Å². The number of halogens is 3. The number of carboxylic acids is 1. The molecule has 0 radical (unpaired) electrons. The minimum atomic E-state index is -4.95. The molecule has 1 aliphatic heterocycles. The third-order valence-corrected chi connectivity index (χ3v) is 7.69. The molecule has 0 unspecified atom stereocenters. The average Bonchev–Trinajstić information content (AvgIpc) is 3.63. The molecule has 226 valence electrons. The van der Waals surface area contributed by atoms with Gasteiger partial charge in [0.2, 0.25) is 0 Å². The average molecular weight is 603 g/mol. The number of ether oxygens (including phenoxy) is 1. The Hall–Kier alpha value is -4.97. The first-order valence-electron chi connectivity index (χ1n) is 13.9. The van der Waals surface area contributed by atoms with Crippen LogP contribution in [0.5, 0.6) is 5.75 Å². The van der Waals surface area contributed by atoms with Gasteiger partial charge < -0.3 is 14.4 Å². The maximum Gasteiger partial charge on any atom is 0.434 e. The lowest BCUT2D eigenvalue weighted by atomic mass is 9.97. The lowest BCUT2D eigenvalue weighted by Crippen LogP contribution is -2.30. The van der Waals surface area contributed by atoms with E-state index in [-0.39, 0.29) is 5.82 Å². The van der Waals surface area contributed by atoms with E-state index in [1.54, 1.807) is 12.1 Å². The topological polar surface area (TPSA) is 98.3 Å². The molecule has 0 bridgehead atoms. The van der Waals surface area contributed by atoms with Crippen molar-refractivity contribution in [2.24, 2.45) is 7.05 Å². The summed E-state index contributed by atoms with van der Waals surface area (Å²) >= 11 is 0. The summed E-state index contributed by atoms with van der Waals surface area (Å²) < 4.78 is 50.3. The van der Waals surface area contributed by atoms with E-state index >= 15 is 0 Å². The Balaban J connectivity index is 1.22. The summed E-state index contributed by atoms with van der Waals surface area (Å²) in [5.41, 5.74) is 4.25. The predicted octanol–water partition coefficient (Wildman–Crippen LogP) is 5.83. The van der Waals surface area contributed by atoms with Crippen molar-refractivity contribution in [1.82, 2.24) is 29.2 Å². The van der Waals surface area contributed by atoms with Gasteiger partial charge in [0.1, 0.15) is 17.9 Å². The smallest absolute Gasteiger partial charge is 0.434 e. The van der Waals surface area contributed by atoms with Gasteiger partial charge in [-0.15, -0.1) is 0 Å². The van der Waals surface area contributed by atoms with E-state index in [1.165, 1.54) is 22.9 Å². The zero-order valence-electron chi connectivity index (χ0n) is 24.0. The maximum atomic E-state index is 13.8. The summed E-state index contributed by atoms with van der Waals surface area (Å²) in [6, 6.07) is 16.5. The first kappa shape index (κ1) is 29.1. The van der Waals surface area contributed by atoms with E-state index in [0.29, 0.717) is 34.5 Å². The highest BCUT2D eigenvalue weighted by Gasteiger charge is 2.41. The van der Waals surface area contributed by atoms with Crippen LogP contribution in [-0.2, 0) is 39.3 Å². The number of aromatic nitrogens is 5. The Morgan fingerprint density at radius 3 is 2.66 bits per heavy atom. The normalized spacial score (nSPS) is 13.6. The molecular formula is C32H29F3N6O3. The third-order valence-electron chi connectivity index (χ3n) is 7.69. The number of hydrogen-bond donors (Lipinski definition) is 1. The summed E-state index contributed by atoms with van der Waals surface area (Å²) in [4.78, 5) is 22.5. The highest BCUT2D eigenvalue weighted by molar-refractivity contribution is 5.89. The van der Waals surface area contributed by atoms with E-state index in [2.05, 4.69) is 38.2 Å². The Morgan fingerprint density at radius 1 is 1.07 bits per heavy atom. The number of aromatic carboxylic acids is 1. The van der Waals surface area contributed by atoms with Crippen molar-refractivity contribution >= 4 is 5.97 Å². The van der Waals surface area contributed by atoms with Crippen LogP contribution in [0.3, 0.4) is 0 Å². The number of imidazole rings is 1. The Morgan fingerprint density at radius 2 is 1.91 bits per heavy atom. The van der Waals surface area contributed by atoms with Gasteiger partial charge in [0, 0.05) is 38.4 Å². The molecule has 9 nitrogen and oxygen atoms in total. The summed E-state index contributed by atoms with van der Waals surface area (Å²) in [6.07, 6.45) is 0.354. The maximum absolute atomic E-state index is 13.8. The Labute approximate surface area is 251 Å². The number of benzene rings is 2. The first-order valence-corrected chi connectivity index (χ1v) is 13.9. The molecule has 6 rings (SSSR count). The van der Waals surface area contributed by atoms with Crippen molar-refractivity contribution in [1.29, 1.82) is 0 Å². The molecule has 0 spiro atoms. The van der Waals surface area contributed by atoms with Crippen LogP contribution in [0.25, 0.3) is 17.1 Å². The zero-order valence-corrected chi connectivity index (χ0v) is 24.0. The molecule has 44 heavy (non-hydrogen) atoms. The molecule has 0 amide bonds. The second-order valence-electron chi connectivity index (χ2n) is 10.9. The van der Waals surface area contributed by atoms with E-state index < -0.39 is 23.4 Å². The summed E-state index contributed by atoms with van der Waals surface area (Å²) in [5, 5.41) is 13.0. The molecule has 2 aromatic carbocycles. The van der Waals surface area contributed by atoms with Crippen molar-refractivity contribution in [3.05, 3.63) is 113 Å². The number of pyridine rings is 1. The van der Waals surface area contributed by atoms with Gasteiger partial charge in [0.25, 0.3) is 0 Å². The molecule has 0 aliphatic carbocycles. The Bertz CT molecular complexity index is 1850. The second kappa shape index (κ2) is 11.6. The first-order chi connectivity index (χ1) is 21.1. The van der Waals surface area contributed by atoms with Crippen LogP contribution in [0, 0.1) is 6.92 Å². The van der Waals surface area contributed by atoms with E-state index in [4.69, 9.17) is 4.74 Å². The van der Waals surface area contributed by atoms with Gasteiger partial charge in [-0.25, -0.2) is 19.4 Å². The molecule has 0 saturated carbocycles. The van der Waals surface area contributed by atoms with Crippen LogP contribution < -0.4 is 4.74 Å². The number of carbonyl (C=O) groups is 1. The largest absolute Gasteiger partial charge is 0.488 e. The molecular weight excluding hydrogens is 573 g/mol. The highest BCUT2D eigenvalue weighted by Crippen LogP contribution is 2.35. The minimum absolute atomic E-state index is 0.165. The number of alkyl halides is 3. The Kier molecular flexibility index (Phi) is 7.68. The summed E-state index contributed by atoms with van der Waals surface area (Å²) in [7, 11) is 2.00. The van der Waals surface area contributed by atoms with Crippen LogP contribution in [0.1, 0.15) is 44.0 Å². The molecule has 4 heterocycles. The minimum Gasteiger partial charge on any atom is -0.488 e. The van der Waals surface area contributed by atoms with Gasteiger partial charge in [0.15, 0.2) is 11.5 Å². The number of hydrogen-bond acceptors (Lipinski definition) is 6. The van der Waals surface area contributed by atoms with Crippen molar-refractivity contribution < 1.29 is 27.8 Å². The van der Waals surface area contributed by atoms with Crippen LogP contribution in [0.15, 0.2) is 73.3 Å². The molecule has 12 heteroatoms. The number of nitrogens with zero attached hydrogens (tertiary/aromatic N) is 6. The quantitative estimate of drug-likeness (QED) is 0.239. The number of rotatable bonds is 8. The lowest BCUT2D eigenvalue weighted by Gasteiger charge is -2.29. The second-order valence-corrected chi connectivity index (χ2v) is 10.9. The fourth-order valence-corrected chi connectivity index (χ4v) is 5.43. The van der Waals surface area contributed by atoms with E-state index in [1.807, 2.05) is 49.3 Å². The van der Waals surface area contributed by atoms with E-state index in [0.717, 1.165) is 37.2 Å². The molecule has 0 saturated heterocycles. The summed E-state index contributed by atoms with van der Waals surface area (Å²) in [5.74, 6) is -1.37. The van der Waals surface area contributed by atoms with Crippen LogP contribution in [0.2, 0.25) is 0 Å². The molecule has 5 aromatic rings. The molecule has 3 aromatic heterocycles.